The molecule has 44 heavy (non-hydrogen) atoms. The number of aryl methyl sites for hydroxylation is 2. The molecular weight excluding hydrogens is 552 g/mol. The smallest absolute Gasteiger partial charge is 0.310 e. The zero-order chi connectivity index (χ0) is 30.8. The van der Waals surface area contributed by atoms with Crippen LogP contribution < -0.4 is 14.4 Å². The highest BCUT2D eigenvalue weighted by atomic mass is 16.5. The number of rotatable bonds is 8. The van der Waals surface area contributed by atoms with Crippen LogP contribution in [0.15, 0.2) is 91.0 Å². The molecule has 0 aliphatic carbocycles. The molecule has 1 aromatic heterocycles. The van der Waals surface area contributed by atoms with Crippen molar-refractivity contribution in [2.75, 3.05) is 25.1 Å². The Morgan fingerprint density at radius 3 is 2.48 bits per heavy atom. The summed E-state index contributed by atoms with van der Waals surface area (Å²) < 4.78 is 19.6. The fourth-order valence-corrected chi connectivity index (χ4v) is 5.85. The summed E-state index contributed by atoms with van der Waals surface area (Å²) in [6.45, 7) is 7.14. The van der Waals surface area contributed by atoms with Gasteiger partial charge >= 0.3 is 5.97 Å². The maximum Gasteiger partial charge on any atom is 0.310 e. The van der Waals surface area contributed by atoms with Gasteiger partial charge in [0.2, 0.25) is 0 Å². The van der Waals surface area contributed by atoms with Crippen LogP contribution in [-0.4, -0.2) is 42.7 Å². The third-order valence-corrected chi connectivity index (χ3v) is 8.15. The largest absolute Gasteiger partial charge is 0.489 e. The van der Waals surface area contributed by atoms with Gasteiger partial charge < -0.3 is 19.1 Å². The number of aromatic nitrogens is 1. The van der Waals surface area contributed by atoms with E-state index in [1.807, 2.05) is 113 Å². The first-order valence-corrected chi connectivity index (χ1v) is 14.8. The molecule has 0 radical (unpaired) electrons. The van der Waals surface area contributed by atoms with Crippen molar-refractivity contribution in [2.24, 2.45) is 0 Å². The van der Waals surface area contributed by atoms with E-state index in [-0.39, 0.29) is 31.0 Å². The van der Waals surface area contributed by atoms with Crippen LogP contribution in [0.25, 0.3) is 10.9 Å². The fourth-order valence-electron chi connectivity index (χ4n) is 5.85. The number of nitrogens with zero attached hydrogens (tertiary/aromatic N) is 2. The molecular formula is C37H36N2O5. The maximum atomic E-state index is 14.0. The summed E-state index contributed by atoms with van der Waals surface area (Å²) in [5, 5.41) is 0.878. The summed E-state index contributed by atoms with van der Waals surface area (Å²) in [4.78, 5) is 29.1. The molecule has 1 atom stereocenters. The Kier molecular flexibility index (Phi) is 8.11. The van der Waals surface area contributed by atoms with E-state index in [0.29, 0.717) is 24.5 Å². The first-order valence-electron chi connectivity index (χ1n) is 14.8. The van der Waals surface area contributed by atoms with Crippen LogP contribution in [0.5, 0.6) is 11.5 Å². The summed E-state index contributed by atoms with van der Waals surface area (Å²) in [6, 6.07) is 29.0. The number of hydrogen-bond acceptors (Lipinski definition) is 6. The Morgan fingerprint density at radius 1 is 0.909 bits per heavy atom. The zero-order valence-corrected chi connectivity index (χ0v) is 25.5. The van der Waals surface area contributed by atoms with Gasteiger partial charge in [0.05, 0.1) is 24.2 Å². The van der Waals surface area contributed by atoms with E-state index < -0.39 is 0 Å². The molecule has 1 aliphatic heterocycles. The molecule has 2 heterocycles. The summed E-state index contributed by atoms with van der Waals surface area (Å²) >= 11 is 0. The summed E-state index contributed by atoms with van der Waals surface area (Å²) in [7, 11) is 2.05. The molecule has 224 valence electrons. The molecule has 0 N–H and O–H groups in total. The Labute approximate surface area is 257 Å². The Morgan fingerprint density at radius 2 is 1.68 bits per heavy atom. The Hall–Kier alpha value is -5.04. The Bertz CT molecular complexity index is 1840. The second-order valence-corrected chi connectivity index (χ2v) is 11.4. The molecule has 0 saturated heterocycles. The topological polar surface area (TPSA) is 70.0 Å². The van der Waals surface area contributed by atoms with Gasteiger partial charge in [-0.1, -0.05) is 54.1 Å². The highest BCUT2D eigenvalue weighted by Crippen LogP contribution is 2.33. The highest BCUT2D eigenvalue weighted by molar-refractivity contribution is 6.05. The van der Waals surface area contributed by atoms with Crippen molar-refractivity contribution in [3.8, 4) is 11.5 Å². The van der Waals surface area contributed by atoms with E-state index in [4.69, 9.17) is 14.2 Å². The molecule has 0 unspecified atom stereocenters. The van der Waals surface area contributed by atoms with Crippen LogP contribution in [-0.2, 0) is 22.6 Å². The predicted octanol–water partition coefficient (Wildman–Crippen LogP) is 6.82. The number of esters is 1. The number of para-hydroxylation sites is 2. The van der Waals surface area contributed by atoms with Gasteiger partial charge in [0.25, 0.3) is 5.91 Å². The third kappa shape index (κ3) is 5.91. The van der Waals surface area contributed by atoms with Crippen molar-refractivity contribution < 1.29 is 23.8 Å². The van der Waals surface area contributed by atoms with Crippen molar-refractivity contribution >= 4 is 28.5 Å². The first-order chi connectivity index (χ1) is 21.3. The van der Waals surface area contributed by atoms with Crippen LogP contribution in [0.4, 0.5) is 5.69 Å². The minimum Gasteiger partial charge on any atom is -0.489 e. The van der Waals surface area contributed by atoms with E-state index in [1.165, 1.54) is 0 Å². The average molecular weight is 589 g/mol. The van der Waals surface area contributed by atoms with Gasteiger partial charge in [-0.25, -0.2) is 0 Å². The summed E-state index contributed by atoms with van der Waals surface area (Å²) in [5.41, 5.74) is 6.73. The second-order valence-electron chi connectivity index (χ2n) is 11.4. The van der Waals surface area contributed by atoms with Crippen LogP contribution in [0.3, 0.4) is 0 Å². The van der Waals surface area contributed by atoms with Gasteiger partial charge in [-0.15, -0.1) is 0 Å². The number of ether oxygens (including phenoxy) is 3. The normalized spacial score (nSPS) is 14.2. The van der Waals surface area contributed by atoms with E-state index in [9.17, 15) is 9.59 Å². The van der Waals surface area contributed by atoms with E-state index >= 15 is 0 Å². The van der Waals surface area contributed by atoms with Crippen molar-refractivity contribution in [3.63, 3.8) is 0 Å². The first kappa shape index (κ1) is 29.1. The molecule has 0 saturated carbocycles. The lowest BCUT2D eigenvalue weighted by Gasteiger charge is -2.33. The molecule has 0 spiro atoms. The minimum absolute atomic E-state index is 0.0770. The number of fused-ring (bicyclic) bond motifs is 2. The van der Waals surface area contributed by atoms with E-state index in [0.717, 1.165) is 50.3 Å². The lowest BCUT2D eigenvalue weighted by Crippen LogP contribution is -2.41. The number of benzene rings is 4. The molecule has 7 nitrogen and oxygen atoms in total. The third-order valence-electron chi connectivity index (χ3n) is 8.15. The molecule has 4 aromatic carbocycles. The van der Waals surface area contributed by atoms with Gasteiger partial charge in [0.15, 0.2) is 0 Å². The van der Waals surface area contributed by atoms with Gasteiger partial charge in [-0.05, 0) is 79.9 Å². The molecule has 0 amide bonds. The number of carbonyl (C=O) groups is 2. The lowest BCUT2D eigenvalue weighted by molar-refractivity contribution is -0.144. The molecule has 0 bridgehead atoms. The average Bonchev–Trinajstić information content (AvgIpc) is 3.29. The highest BCUT2D eigenvalue weighted by Gasteiger charge is 2.25. The lowest BCUT2D eigenvalue weighted by atomic mass is 10.1. The number of likely N-dealkylation sites (N-methyl/N-ethyl adjacent to an activating group) is 1. The van der Waals surface area contributed by atoms with E-state index in [1.54, 1.807) is 10.6 Å². The predicted molar refractivity (Wildman–Crippen MR) is 172 cm³/mol. The SMILES string of the molecule is Cc1ccc2c(c1)c(CC(=O)OCc1ccccc1)c(C)n2C(=O)c1ccc(OC[C@@H]2CN(C)c3ccccc3O2)c(C)c1. The second kappa shape index (κ2) is 12.3. The molecule has 7 heteroatoms. The molecule has 5 aromatic rings. The van der Waals surface area contributed by atoms with Crippen LogP contribution in [0, 0.1) is 20.8 Å². The molecule has 0 fully saturated rings. The summed E-state index contributed by atoms with van der Waals surface area (Å²) in [6.07, 6.45) is -0.0427. The van der Waals surface area contributed by atoms with Gasteiger partial charge in [0.1, 0.15) is 30.8 Å². The van der Waals surface area contributed by atoms with Crippen molar-refractivity contribution in [2.45, 2.75) is 39.9 Å². The van der Waals surface area contributed by atoms with Gasteiger partial charge in [-0.3, -0.25) is 14.2 Å². The van der Waals surface area contributed by atoms with Crippen molar-refractivity contribution in [1.29, 1.82) is 0 Å². The Balaban J connectivity index is 1.19. The summed E-state index contributed by atoms with van der Waals surface area (Å²) in [5.74, 6) is 1.06. The van der Waals surface area contributed by atoms with Crippen LogP contribution >= 0.6 is 0 Å². The minimum atomic E-state index is -0.334. The van der Waals surface area contributed by atoms with Crippen molar-refractivity contribution in [3.05, 3.63) is 125 Å². The number of hydrogen-bond donors (Lipinski definition) is 0. The fraction of sp³-hybridized carbons (Fsp3) is 0.243. The zero-order valence-electron chi connectivity index (χ0n) is 25.5. The van der Waals surface area contributed by atoms with E-state index in [2.05, 4.69) is 4.90 Å². The standard InChI is InChI=1S/C37H36N2O5/c1-24-14-16-32-31(18-24)30(20-36(40)43-22-27-10-6-5-7-11-27)26(3)39(32)37(41)28-15-17-34(25(2)19-28)42-23-29-21-38(4)33-12-8-9-13-35(33)44-29/h5-19,29H,20-23H2,1-4H3/t29-/m0/s1. The monoisotopic (exact) mass is 588 g/mol. The van der Waals surface area contributed by atoms with Crippen LogP contribution in [0.2, 0.25) is 0 Å². The maximum absolute atomic E-state index is 14.0. The number of anilines is 1. The quantitative estimate of drug-likeness (QED) is 0.185. The molecule has 1 aliphatic rings. The van der Waals surface area contributed by atoms with Gasteiger partial charge in [0, 0.05) is 23.7 Å². The van der Waals surface area contributed by atoms with Crippen molar-refractivity contribution in [1.82, 2.24) is 4.57 Å². The van der Waals surface area contributed by atoms with Gasteiger partial charge in [-0.2, -0.15) is 0 Å². The molecule has 6 rings (SSSR count). The number of carbonyl (C=O) groups excluding carboxylic acids is 2. The van der Waals surface area contributed by atoms with Crippen LogP contribution in [0.1, 0.15) is 38.3 Å².